The number of rotatable bonds is 2. The van der Waals surface area contributed by atoms with E-state index in [1.165, 1.54) is 16.8 Å². The van der Waals surface area contributed by atoms with Crippen LogP contribution < -0.4 is 5.46 Å². The molecular weight excluding hydrogens is 143 g/mol. The molecule has 0 amide bonds. The van der Waals surface area contributed by atoms with Crippen LogP contribution in [-0.2, 0) is 0 Å². The van der Waals surface area contributed by atoms with Crippen molar-refractivity contribution in [1.29, 1.82) is 0 Å². The van der Waals surface area contributed by atoms with Crippen molar-refractivity contribution < 1.29 is 4.79 Å². The van der Waals surface area contributed by atoms with E-state index in [1.807, 2.05) is 11.4 Å². The minimum absolute atomic E-state index is 0.532. The largest absolute Gasteiger partial charge is 0.297 e. The van der Waals surface area contributed by atoms with Gasteiger partial charge in [-0.15, -0.1) is 11.3 Å². The monoisotopic (exact) mass is 152 g/mol. The van der Waals surface area contributed by atoms with Crippen LogP contribution in [0.1, 0.15) is 9.67 Å². The number of carbonyl (C=O) groups excluding carboxylic acids is 1. The molecule has 0 fully saturated rings. The fourth-order valence-electron chi connectivity index (χ4n) is 0.733. The Balaban J connectivity index is 2.88. The summed E-state index contributed by atoms with van der Waals surface area (Å²) < 4.78 is 0. The predicted octanol–water partition coefficient (Wildman–Crippen LogP) is 1.52. The Hall–Kier alpha value is -0.565. The number of aldehydes is 1. The van der Waals surface area contributed by atoms with Crippen LogP contribution in [0.15, 0.2) is 11.4 Å². The molecular formula is C7H9BOS. The SMILES string of the molecule is CB(C)c1csc(C=O)c1. The first kappa shape index (κ1) is 7.54. The van der Waals surface area contributed by atoms with Crippen molar-refractivity contribution in [1.82, 2.24) is 0 Å². The number of thiophene rings is 1. The van der Waals surface area contributed by atoms with E-state index < -0.39 is 0 Å². The van der Waals surface area contributed by atoms with Gasteiger partial charge in [0.25, 0.3) is 0 Å². The topological polar surface area (TPSA) is 17.1 Å². The van der Waals surface area contributed by atoms with Crippen LogP contribution in [0, 0.1) is 0 Å². The van der Waals surface area contributed by atoms with Crippen molar-refractivity contribution in [2.75, 3.05) is 0 Å². The highest BCUT2D eigenvalue weighted by Crippen LogP contribution is 2.03. The van der Waals surface area contributed by atoms with Gasteiger partial charge in [-0.05, 0) is 11.4 Å². The molecule has 0 aliphatic carbocycles. The van der Waals surface area contributed by atoms with Crippen LogP contribution in [0.5, 0.6) is 0 Å². The number of hydrogen-bond acceptors (Lipinski definition) is 2. The molecule has 1 heterocycles. The van der Waals surface area contributed by atoms with E-state index in [-0.39, 0.29) is 0 Å². The van der Waals surface area contributed by atoms with Gasteiger partial charge < -0.3 is 0 Å². The third-order valence-electron chi connectivity index (χ3n) is 1.42. The summed E-state index contributed by atoms with van der Waals surface area (Å²) in [5.74, 6) is 0. The van der Waals surface area contributed by atoms with Crippen molar-refractivity contribution in [3.8, 4) is 0 Å². The molecule has 0 spiro atoms. The fraction of sp³-hybridized carbons (Fsp3) is 0.286. The van der Waals surface area contributed by atoms with Crippen molar-refractivity contribution in [3.05, 3.63) is 16.3 Å². The van der Waals surface area contributed by atoms with Gasteiger partial charge in [-0.3, -0.25) is 4.79 Å². The minimum atomic E-state index is 0.532. The first-order valence-electron chi connectivity index (χ1n) is 3.27. The maximum absolute atomic E-state index is 10.3. The Labute approximate surface area is 65.2 Å². The molecule has 1 nitrogen and oxygen atoms in total. The molecule has 0 aliphatic heterocycles. The molecule has 0 aromatic carbocycles. The standard InChI is InChI=1S/C7H9BOS/c1-8(2)6-3-7(4-9)10-5-6/h3-5H,1-2H3. The molecule has 0 bridgehead atoms. The molecule has 0 saturated carbocycles. The van der Waals surface area contributed by atoms with Crippen LogP contribution in [-0.4, -0.2) is 13.0 Å². The molecule has 0 N–H and O–H groups in total. The third kappa shape index (κ3) is 1.48. The zero-order valence-corrected chi connectivity index (χ0v) is 6.94. The summed E-state index contributed by atoms with van der Waals surface area (Å²) in [4.78, 5) is 11.1. The summed E-state index contributed by atoms with van der Waals surface area (Å²) in [6.07, 6.45) is 0.899. The van der Waals surface area contributed by atoms with Crippen molar-refractivity contribution in [2.45, 2.75) is 13.6 Å². The molecule has 0 saturated heterocycles. The van der Waals surface area contributed by atoms with E-state index in [1.54, 1.807) is 0 Å². The summed E-state index contributed by atoms with van der Waals surface area (Å²) in [7, 11) is 0. The minimum Gasteiger partial charge on any atom is -0.297 e. The summed E-state index contributed by atoms with van der Waals surface area (Å²) in [6.45, 7) is 4.78. The Morgan fingerprint density at radius 1 is 1.60 bits per heavy atom. The quantitative estimate of drug-likeness (QED) is 0.463. The van der Waals surface area contributed by atoms with Gasteiger partial charge in [0, 0.05) is 0 Å². The van der Waals surface area contributed by atoms with Gasteiger partial charge in [-0.2, -0.15) is 0 Å². The van der Waals surface area contributed by atoms with Gasteiger partial charge in [-0.25, -0.2) is 0 Å². The lowest BCUT2D eigenvalue weighted by molar-refractivity contribution is 0.112. The molecule has 0 radical (unpaired) electrons. The van der Waals surface area contributed by atoms with E-state index in [0.717, 1.165) is 11.2 Å². The van der Waals surface area contributed by atoms with Crippen LogP contribution in [0.3, 0.4) is 0 Å². The van der Waals surface area contributed by atoms with Crippen LogP contribution in [0.2, 0.25) is 13.6 Å². The Bertz CT molecular complexity index is 229. The summed E-state index contributed by atoms with van der Waals surface area (Å²) in [5, 5.41) is 2.04. The Kier molecular flexibility index (Phi) is 2.27. The molecule has 1 aromatic rings. The molecule has 1 rings (SSSR count). The lowest BCUT2D eigenvalue weighted by Crippen LogP contribution is -2.19. The zero-order valence-electron chi connectivity index (χ0n) is 6.13. The van der Waals surface area contributed by atoms with Gasteiger partial charge in [0.1, 0.15) is 0 Å². The first-order chi connectivity index (χ1) is 4.74. The van der Waals surface area contributed by atoms with Crippen molar-refractivity contribution >= 4 is 29.8 Å². The van der Waals surface area contributed by atoms with E-state index in [2.05, 4.69) is 13.6 Å². The molecule has 0 aliphatic rings. The van der Waals surface area contributed by atoms with Crippen LogP contribution in [0.25, 0.3) is 0 Å². The molecule has 3 heteroatoms. The lowest BCUT2D eigenvalue weighted by atomic mass is 9.50. The normalized spacial score (nSPS) is 9.40. The second-order valence-electron chi connectivity index (χ2n) is 2.55. The van der Waals surface area contributed by atoms with Crippen LogP contribution >= 0.6 is 11.3 Å². The average molecular weight is 152 g/mol. The predicted molar refractivity (Wildman–Crippen MR) is 46.8 cm³/mol. The maximum Gasteiger partial charge on any atom is 0.170 e. The molecule has 52 valence electrons. The highest BCUT2D eigenvalue weighted by molar-refractivity contribution is 7.13. The van der Waals surface area contributed by atoms with E-state index in [9.17, 15) is 4.79 Å². The molecule has 0 unspecified atom stereocenters. The summed E-state index contributed by atoms with van der Waals surface area (Å²) >= 11 is 1.51. The average Bonchev–Trinajstić information content (AvgIpc) is 2.34. The fourth-order valence-corrected chi connectivity index (χ4v) is 1.60. The smallest absolute Gasteiger partial charge is 0.170 e. The zero-order chi connectivity index (χ0) is 7.56. The second kappa shape index (κ2) is 3.02. The van der Waals surface area contributed by atoms with Crippen LogP contribution in [0.4, 0.5) is 0 Å². The van der Waals surface area contributed by atoms with Gasteiger partial charge in [-0.1, -0.05) is 19.1 Å². The highest BCUT2D eigenvalue weighted by Gasteiger charge is 2.04. The molecule has 0 atom stereocenters. The summed E-state index contributed by atoms with van der Waals surface area (Å²) in [5.41, 5.74) is 1.26. The van der Waals surface area contributed by atoms with Crippen molar-refractivity contribution in [2.24, 2.45) is 0 Å². The van der Waals surface area contributed by atoms with E-state index in [0.29, 0.717) is 6.71 Å². The highest BCUT2D eigenvalue weighted by atomic mass is 32.1. The lowest BCUT2D eigenvalue weighted by Gasteiger charge is -1.91. The van der Waals surface area contributed by atoms with Gasteiger partial charge in [0.2, 0.25) is 0 Å². The van der Waals surface area contributed by atoms with E-state index >= 15 is 0 Å². The van der Waals surface area contributed by atoms with Gasteiger partial charge in [0.15, 0.2) is 13.0 Å². The Morgan fingerprint density at radius 3 is 2.60 bits per heavy atom. The third-order valence-corrected chi connectivity index (χ3v) is 2.30. The summed E-state index contributed by atoms with van der Waals surface area (Å²) in [6, 6.07) is 1.95. The maximum atomic E-state index is 10.3. The number of carbonyl (C=O) groups is 1. The van der Waals surface area contributed by atoms with Gasteiger partial charge in [0.05, 0.1) is 4.88 Å². The second-order valence-corrected chi connectivity index (χ2v) is 3.50. The first-order valence-corrected chi connectivity index (χ1v) is 4.15. The van der Waals surface area contributed by atoms with Gasteiger partial charge >= 0.3 is 0 Å². The molecule has 1 aromatic heterocycles. The van der Waals surface area contributed by atoms with Crippen molar-refractivity contribution in [3.63, 3.8) is 0 Å². The Morgan fingerprint density at radius 2 is 2.30 bits per heavy atom. The molecule has 10 heavy (non-hydrogen) atoms. The number of hydrogen-bond donors (Lipinski definition) is 0. The van der Waals surface area contributed by atoms with E-state index in [4.69, 9.17) is 0 Å².